The molecule has 2 aromatic rings. The van der Waals surface area contributed by atoms with E-state index in [0.717, 1.165) is 29.8 Å². The van der Waals surface area contributed by atoms with Gasteiger partial charge in [-0.3, -0.25) is 0 Å². The molecule has 106 valence electrons. The average Bonchev–Trinajstić information content (AvgIpc) is 2.91. The molecule has 0 aliphatic carbocycles. The largest absolute Gasteiger partial charge is 0.409 e. The van der Waals surface area contributed by atoms with Crippen LogP contribution in [-0.2, 0) is 12.8 Å². The number of rotatable bonds is 4. The van der Waals surface area contributed by atoms with E-state index in [1.165, 1.54) is 0 Å². The van der Waals surface area contributed by atoms with E-state index in [-0.39, 0.29) is 5.84 Å². The average molecular weight is 274 g/mol. The van der Waals surface area contributed by atoms with Gasteiger partial charge in [0.2, 0.25) is 0 Å². The Bertz CT molecular complexity index is 646. The lowest BCUT2D eigenvalue weighted by atomic mass is 10.0. The summed E-state index contributed by atoms with van der Waals surface area (Å²) in [6.45, 7) is 5.88. The van der Waals surface area contributed by atoms with Crippen molar-refractivity contribution in [3.05, 3.63) is 34.8 Å². The monoisotopic (exact) mass is 274 g/mol. The maximum absolute atomic E-state index is 9.03. The molecule has 3 N–H and O–H groups in total. The van der Waals surface area contributed by atoms with Crippen molar-refractivity contribution in [1.29, 1.82) is 0 Å². The highest BCUT2D eigenvalue weighted by Gasteiger charge is 2.19. The summed E-state index contributed by atoms with van der Waals surface area (Å²) in [5.41, 5.74) is 9.05. The van der Waals surface area contributed by atoms with Gasteiger partial charge in [-0.05, 0) is 31.4 Å². The van der Waals surface area contributed by atoms with Crippen LogP contribution in [-0.4, -0.2) is 31.0 Å². The van der Waals surface area contributed by atoms with E-state index in [4.69, 9.17) is 10.9 Å². The van der Waals surface area contributed by atoms with Crippen LogP contribution in [0.3, 0.4) is 0 Å². The standard InChI is InChI=1S/C13H18N6O/c1-4-9-10(5-2)15-16-13(11(9)12(14)18-20)19-7-6-8(3)17-19/h6-7,20H,4-5H2,1-3H3,(H2,14,18). The molecule has 20 heavy (non-hydrogen) atoms. The highest BCUT2D eigenvalue weighted by atomic mass is 16.4. The van der Waals surface area contributed by atoms with Crippen molar-refractivity contribution >= 4 is 5.84 Å². The number of nitrogens with two attached hydrogens (primary N) is 1. The predicted molar refractivity (Wildman–Crippen MR) is 75.2 cm³/mol. The summed E-state index contributed by atoms with van der Waals surface area (Å²) in [5, 5.41) is 24.9. The number of nitrogens with zero attached hydrogens (tertiary/aromatic N) is 5. The smallest absolute Gasteiger partial charge is 0.187 e. The SMILES string of the molecule is CCc1nnc(-n2ccc(C)n2)c(/C(N)=N/O)c1CC. The van der Waals surface area contributed by atoms with E-state index in [1.54, 1.807) is 10.9 Å². The van der Waals surface area contributed by atoms with Crippen LogP contribution in [0.25, 0.3) is 5.82 Å². The zero-order chi connectivity index (χ0) is 14.7. The lowest BCUT2D eigenvalue weighted by Crippen LogP contribution is -2.22. The molecule has 7 nitrogen and oxygen atoms in total. The van der Waals surface area contributed by atoms with E-state index in [2.05, 4.69) is 20.5 Å². The fourth-order valence-corrected chi connectivity index (χ4v) is 2.17. The molecule has 2 aromatic heterocycles. The van der Waals surface area contributed by atoms with Crippen LogP contribution in [0.5, 0.6) is 0 Å². The maximum Gasteiger partial charge on any atom is 0.187 e. The van der Waals surface area contributed by atoms with Crippen LogP contribution in [0.4, 0.5) is 0 Å². The molecule has 0 aliphatic rings. The summed E-state index contributed by atoms with van der Waals surface area (Å²) in [7, 11) is 0. The number of oxime groups is 1. The topological polar surface area (TPSA) is 102 Å². The molecule has 0 radical (unpaired) electrons. The molecular formula is C13H18N6O. The van der Waals surface area contributed by atoms with Crippen molar-refractivity contribution in [3.63, 3.8) is 0 Å². The Morgan fingerprint density at radius 2 is 2.10 bits per heavy atom. The predicted octanol–water partition coefficient (Wildman–Crippen LogP) is 1.19. The Labute approximate surface area is 117 Å². The first-order valence-electron chi connectivity index (χ1n) is 6.51. The van der Waals surface area contributed by atoms with Gasteiger partial charge in [0, 0.05) is 6.20 Å². The van der Waals surface area contributed by atoms with Gasteiger partial charge < -0.3 is 10.9 Å². The normalized spacial score (nSPS) is 11.8. The minimum absolute atomic E-state index is 0.0228. The van der Waals surface area contributed by atoms with E-state index < -0.39 is 0 Å². The second-order valence-corrected chi connectivity index (χ2v) is 4.42. The Hall–Kier alpha value is -2.44. The number of aryl methyl sites for hydroxylation is 2. The van der Waals surface area contributed by atoms with Crippen molar-refractivity contribution in [2.75, 3.05) is 0 Å². The van der Waals surface area contributed by atoms with Crippen molar-refractivity contribution in [2.24, 2.45) is 10.9 Å². The van der Waals surface area contributed by atoms with Crippen molar-refractivity contribution < 1.29 is 5.21 Å². The summed E-state index contributed by atoms with van der Waals surface area (Å²) in [4.78, 5) is 0. The lowest BCUT2D eigenvalue weighted by Gasteiger charge is -2.14. The lowest BCUT2D eigenvalue weighted by molar-refractivity contribution is 0.318. The molecule has 0 unspecified atom stereocenters. The summed E-state index contributed by atoms with van der Waals surface area (Å²) in [5.74, 6) is 0.497. The fourth-order valence-electron chi connectivity index (χ4n) is 2.17. The molecule has 7 heteroatoms. The second-order valence-electron chi connectivity index (χ2n) is 4.42. The molecule has 0 aromatic carbocycles. The Balaban J connectivity index is 2.74. The molecule has 0 atom stereocenters. The minimum atomic E-state index is 0.0228. The molecule has 0 saturated carbocycles. The van der Waals surface area contributed by atoms with Crippen molar-refractivity contribution in [3.8, 4) is 5.82 Å². The molecule has 0 saturated heterocycles. The van der Waals surface area contributed by atoms with E-state index >= 15 is 0 Å². The first-order chi connectivity index (χ1) is 9.62. The first kappa shape index (κ1) is 14.0. The molecule has 0 spiro atoms. The zero-order valence-electron chi connectivity index (χ0n) is 11.8. The fraction of sp³-hybridized carbons (Fsp3) is 0.385. The van der Waals surface area contributed by atoms with Crippen LogP contribution < -0.4 is 5.73 Å². The minimum Gasteiger partial charge on any atom is -0.409 e. The summed E-state index contributed by atoms with van der Waals surface area (Å²) in [6, 6.07) is 1.86. The van der Waals surface area contributed by atoms with Gasteiger partial charge >= 0.3 is 0 Å². The number of amidine groups is 1. The number of hydrogen-bond acceptors (Lipinski definition) is 5. The van der Waals surface area contributed by atoms with Crippen LogP contribution in [0.1, 0.15) is 36.4 Å². The van der Waals surface area contributed by atoms with Crippen LogP contribution in [0.15, 0.2) is 17.4 Å². The zero-order valence-corrected chi connectivity index (χ0v) is 11.8. The Morgan fingerprint density at radius 3 is 2.60 bits per heavy atom. The second kappa shape index (κ2) is 5.68. The van der Waals surface area contributed by atoms with Crippen LogP contribution in [0, 0.1) is 6.92 Å². The van der Waals surface area contributed by atoms with E-state index in [0.29, 0.717) is 11.4 Å². The van der Waals surface area contributed by atoms with Crippen LogP contribution in [0.2, 0.25) is 0 Å². The third-order valence-corrected chi connectivity index (χ3v) is 3.13. The third-order valence-electron chi connectivity index (χ3n) is 3.13. The Morgan fingerprint density at radius 1 is 1.35 bits per heavy atom. The van der Waals surface area contributed by atoms with Gasteiger partial charge in [0.25, 0.3) is 0 Å². The molecule has 2 heterocycles. The van der Waals surface area contributed by atoms with Crippen molar-refractivity contribution in [1.82, 2.24) is 20.0 Å². The van der Waals surface area contributed by atoms with Gasteiger partial charge in [0.05, 0.1) is 17.0 Å². The van der Waals surface area contributed by atoms with E-state index in [1.807, 2.05) is 26.8 Å². The molecule has 0 bridgehead atoms. The van der Waals surface area contributed by atoms with Crippen molar-refractivity contribution in [2.45, 2.75) is 33.6 Å². The molecule has 0 fully saturated rings. The highest BCUT2D eigenvalue weighted by molar-refractivity contribution is 6.01. The van der Waals surface area contributed by atoms with Gasteiger partial charge in [-0.1, -0.05) is 19.0 Å². The third kappa shape index (κ3) is 2.34. The van der Waals surface area contributed by atoms with Crippen LogP contribution >= 0.6 is 0 Å². The molecule has 0 aliphatic heterocycles. The molecule has 0 amide bonds. The van der Waals surface area contributed by atoms with E-state index in [9.17, 15) is 0 Å². The Kier molecular flexibility index (Phi) is 3.97. The van der Waals surface area contributed by atoms with Gasteiger partial charge in [-0.15, -0.1) is 5.10 Å². The number of hydrogen-bond donors (Lipinski definition) is 2. The highest BCUT2D eigenvalue weighted by Crippen LogP contribution is 2.20. The maximum atomic E-state index is 9.03. The number of aromatic nitrogens is 4. The summed E-state index contributed by atoms with van der Waals surface area (Å²) < 4.78 is 1.59. The molecule has 2 rings (SSSR count). The molecular weight excluding hydrogens is 256 g/mol. The van der Waals surface area contributed by atoms with Gasteiger partial charge in [0.1, 0.15) is 0 Å². The summed E-state index contributed by atoms with van der Waals surface area (Å²) in [6.07, 6.45) is 3.23. The quantitative estimate of drug-likeness (QED) is 0.377. The summed E-state index contributed by atoms with van der Waals surface area (Å²) >= 11 is 0. The first-order valence-corrected chi connectivity index (χ1v) is 6.51. The van der Waals surface area contributed by atoms with Gasteiger partial charge in [-0.2, -0.15) is 10.2 Å². The van der Waals surface area contributed by atoms with Gasteiger partial charge in [-0.25, -0.2) is 4.68 Å². The van der Waals surface area contributed by atoms with Gasteiger partial charge in [0.15, 0.2) is 11.7 Å².